The fourth-order valence-electron chi connectivity index (χ4n) is 2.40. The maximum atomic E-state index is 12.7. The second kappa shape index (κ2) is 7.88. The monoisotopic (exact) mass is 270 g/mol. The van der Waals surface area contributed by atoms with Crippen LogP contribution in [0.1, 0.15) is 54.9 Å². The van der Waals surface area contributed by atoms with E-state index in [1.807, 2.05) is 4.90 Å². The zero-order valence-electron chi connectivity index (χ0n) is 14.0. The van der Waals surface area contributed by atoms with Crippen molar-refractivity contribution in [2.45, 2.75) is 54.9 Å². The highest BCUT2D eigenvalue weighted by Gasteiger charge is 2.28. The van der Waals surface area contributed by atoms with E-state index in [1.165, 1.54) is 0 Å². The van der Waals surface area contributed by atoms with Gasteiger partial charge >= 0.3 is 0 Å². The van der Waals surface area contributed by atoms with Gasteiger partial charge in [-0.15, -0.1) is 0 Å². The summed E-state index contributed by atoms with van der Waals surface area (Å²) < 4.78 is 0. The number of nitrogens with zero attached hydrogens (tertiary/aromatic N) is 1. The molecule has 0 aromatic rings. The van der Waals surface area contributed by atoms with Gasteiger partial charge in [-0.05, 0) is 23.7 Å². The lowest BCUT2D eigenvalue weighted by molar-refractivity contribution is -0.137. The highest BCUT2D eigenvalue weighted by Crippen LogP contribution is 2.25. The van der Waals surface area contributed by atoms with Gasteiger partial charge in [-0.1, -0.05) is 48.5 Å². The van der Waals surface area contributed by atoms with E-state index in [-0.39, 0.29) is 17.2 Å². The van der Waals surface area contributed by atoms with E-state index < -0.39 is 0 Å². The van der Waals surface area contributed by atoms with Crippen LogP contribution in [0.4, 0.5) is 0 Å². The van der Waals surface area contributed by atoms with Gasteiger partial charge in [-0.2, -0.15) is 0 Å². The summed E-state index contributed by atoms with van der Waals surface area (Å²) in [6, 6.07) is 0. The van der Waals surface area contributed by atoms with Gasteiger partial charge in [0.05, 0.1) is 5.92 Å². The molecule has 0 bridgehead atoms. The molecule has 1 unspecified atom stereocenters. The summed E-state index contributed by atoms with van der Waals surface area (Å²) in [6.45, 7) is 17.2. The minimum absolute atomic E-state index is 0.0440. The lowest BCUT2D eigenvalue weighted by atomic mass is 9.84. The number of carbonyl (C=O) groups is 1. The quantitative estimate of drug-likeness (QED) is 0.772. The zero-order valence-corrected chi connectivity index (χ0v) is 14.0. The molecule has 0 heterocycles. The first-order valence-electron chi connectivity index (χ1n) is 7.55. The molecule has 2 N–H and O–H groups in total. The van der Waals surface area contributed by atoms with Gasteiger partial charge in [-0.3, -0.25) is 4.79 Å². The third-order valence-corrected chi connectivity index (χ3v) is 2.98. The summed E-state index contributed by atoms with van der Waals surface area (Å²) in [4.78, 5) is 14.7. The van der Waals surface area contributed by atoms with Crippen LogP contribution < -0.4 is 5.73 Å². The van der Waals surface area contributed by atoms with Crippen LogP contribution >= 0.6 is 0 Å². The van der Waals surface area contributed by atoms with Crippen LogP contribution in [-0.2, 0) is 4.79 Å². The van der Waals surface area contributed by atoms with Gasteiger partial charge in [0, 0.05) is 19.6 Å². The summed E-state index contributed by atoms with van der Waals surface area (Å²) >= 11 is 0. The molecule has 114 valence electrons. The van der Waals surface area contributed by atoms with E-state index in [0.29, 0.717) is 18.4 Å². The largest absolute Gasteiger partial charge is 0.342 e. The van der Waals surface area contributed by atoms with Crippen molar-refractivity contribution in [2.75, 3.05) is 19.6 Å². The van der Waals surface area contributed by atoms with E-state index in [1.54, 1.807) is 0 Å². The van der Waals surface area contributed by atoms with Crippen LogP contribution in [0.15, 0.2) is 0 Å². The van der Waals surface area contributed by atoms with Crippen LogP contribution in [0.5, 0.6) is 0 Å². The lowest BCUT2D eigenvalue weighted by Crippen LogP contribution is -2.43. The summed E-state index contributed by atoms with van der Waals surface area (Å²) in [7, 11) is 0. The maximum Gasteiger partial charge on any atom is 0.226 e. The molecule has 0 aromatic heterocycles. The van der Waals surface area contributed by atoms with Gasteiger partial charge in [0.25, 0.3) is 0 Å². The highest BCUT2D eigenvalue weighted by atomic mass is 16.2. The number of nitrogens with two attached hydrogens (primary N) is 1. The average Bonchev–Trinajstić information content (AvgIpc) is 2.21. The van der Waals surface area contributed by atoms with Crippen LogP contribution in [0.3, 0.4) is 0 Å². The molecule has 0 spiro atoms. The Morgan fingerprint density at radius 1 is 1.05 bits per heavy atom. The minimum Gasteiger partial charge on any atom is -0.342 e. The van der Waals surface area contributed by atoms with Crippen LogP contribution in [0.2, 0.25) is 0 Å². The molecule has 0 aliphatic heterocycles. The standard InChI is InChI=1S/C16H34N2O/c1-12(2)10-18(11-13(3)4)15(19)14(9-17)8-16(5,6)7/h12-14H,8-11,17H2,1-7H3. The van der Waals surface area contributed by atoms with Crippen molar-refractivity contribution in [3.8, 4) is 0 Å². The summed E-state index contributed by atoms with van der Waals surface area (Å²) in [5, 5.41) is 0. The molecule has 0 aliphatic rings. The van der Waals surface area contributed by atoms with Crippen molar-refractivity contribution in [1.82, 2.24) is 4.90 Å². The molecule has 0 radical (unpaired) electrons. The van der Waals surface area contributed by atoms with E-state index in [2.05, 4.69) is 48.5 Å². The topological polar surface area (TPSA) is 46.3 Å². The van der Waals surface area contributed by atoms with Gasteiger partial charge in [0.2, 0.25) is 5.91 Å². The van der Waals surface area contributed by atoms with Gasteiger partial charge in [0.15, 0.2) is 0 Å². The van der Waals surface area contributed by atoms with Crippen molar-refractivity contribution >= 4 is 5.91 Å². The van der Waals surface area contributed by atoms with Crippen LogP contribution in [0.25, 0.3) is 0 Å². The Bertz CT molecular complexity index is 256. The molecular weight excluding hydrogens is 236 g/mol. The average molecular weight is 270 g/mol. The van der Waals surface area contributed by atoms with E-state index in [4.69, 9.17) is 5.73 Å². The number of amides is 1. The number of rotatable bonds is 7. The first-order valence-corrected chi connectivity index (χ1v) is 7.55. The Balaban J connectivity index is 4.82. The minimum atomic E-state index is -0.0440. The second-order valence-corrected chi connectivity index (χ2v) is 7.73. The number of hydrogen-bond acceptors (Lipinski definition) is 2. The van der Waals surface area contributed by atoms with Crippen molar-refractivity contribution in [2.24, 2.45) is 28.9 Å². The maximum absolute atomic E-state index is 12.7. The third kappa shape index (κ3) is 8.25. The lowest BCUT2D eigenvalue weighted by Gasteiger charge is -2.32. The SMILES string of the molecule is CC(C)CN(CC(C)C)C(=O)C(CN)CC(C)(C)C. The van der Waals surface area contributed by atoms with E-state index >= 15 is 0 Å². The van der Waals surface area contributed by atoms with Crippen molar-refractivity contribution in [3.05, 3.63) is 0 Å². The molecular formula is C16H34N2O. The first-order chi connectivity index (χ1) is 8.56. The molecule has 0 saturated carbocycles. The zero-order chi connectivity index (χ0) is 15.2. The molecule has 1 atom stereocenters. The molecule has 0 saturated heterocycles. The molecule has 0 fully saturated rings. The Morgan fingerprint density at radius 2 is 1.47 bits per heavy atom. The Kier molecular flexibility index (Phi) is 7.65. The van der Waals surface area contributed by atoms with Crippen molar-refractivity contribution in [3.63, 3.8) is 0 Å². The number of carbonyl (C=O) groups excluding carboxylic acids is 1. The molecule has 3 nitrogen and oxygen atoms in total. The van der Waals surface area contributed by atoms with Crippen molar-refractivity contribution < 1.29 is 4.79 Å². The Morgan fingerprint density at radius 3 is 1.74 bits per heavy atom. The van der Waals surface area contributed by atoms with Gasteiger partial charge in [0.1, 0.15) is 0 Å². The van der Waals surface area contributed by atoms with E-state index in [9.17, 15) is 4.79 Å². The van der Waals surface area contributed by atoms with Crippen molar-refractivity contribution in [1.29, 1.82) is 0 Å². The fraction of sp³-hybridized carbons (Fsp3) is 0.938. The van der Waals surface area contributed by atoms with Gasteiger partial charge in [-0.25, -0.2) is 0 Å². The first kappa shape index (κ1) is 18.4. The normalized spacial score (nSPS) is 14.0. The Labute approximate surface area is 119 Å². The predicted octanol–water partition coefficient (Wildman–Crippen LogP) is 3.14. The van der Waals surface area contributed by atoms with Gasteiger partial charge < -0.3 is 10.6 Å². The molecule has 1 amide bonds. The summed E-state index contributed by atoms with van der Waals surface area (Å²) in [5.41, 5.74) is 5.97. The molecule has 19 heavy (non-hydrogen) atoms. The predicted molar refractivity (Wildman–Crippen MR) is 82.9 cm³/mol. The fourth-order valence-corrected chi connectivity index (χ4v) is 2.40. The molecule has 0 aromatic carbocycles. The summed E-state index contributed by atoms with van der Waals surface area (Å²) in [5.74, 6) is 1.18. The smallest absolute Gasteiger partial charge is 0.226 e. The van der Waals surface area contributed by atoms with E-state index in [0.717, 1.165) is 19.5 Å². The van der Waals surface area contributed by atoms with Crippen LogP contribution in [0, 0.1) is 23.2 Å². The number of hydrogen-bond donors (Lipinski definition) is 1. The second-order valence-electron chi connectivity index (χ2n) is 7.73. The van der Waals surface area contributed by atoms with Crippen LogP contribution in [-0.4, -0.2) is 30.4 Å². The summed E-state index contributed by atoms with van der Waals surface area (Å²) in [6.07, 6.45) is 0.856. The molecule has 3 heteroatoms. The molecule has 0 aliphatic carbocycles. The highest BCUT2D eigenvalue weighted by molar-refractivity contribution is 5.79. The third-order valence-electron chi connectivity index (χ3n) is 2.98. The molecule has 0 rings (SSSR count). The Hall–Kier alpha value is -0.570.